The van der Waals surface area contributed by atoms with Crippen LogP contribution in [0.2, 0.25) is 0 Å². The van der Waals surface area contributed by atoms with Gasteiger partial charge < -0.3 is 10.2 Å². The molecule has 15 heavy (non-hydrogen) atoms. The zero-order chi connectivity index (χ0) is 10.9. The summed E-state index contributed by atoms with van der Waals surface area (Å²) in [5, 5.41) is 3.26. The third-order valence-electron chi connectivity index (χ3n) is 4.13. The molecule has 0 aromatic heterocycles. The van der Waals surface area contributed by atoms with Crippen molar-refractivity contribution in [2.24, 2.45) is 11.3 Å². The molecule has 3 nitrogen and oxygen atoms in total. The van der Waals surface area contributed by atoms with Crippen molar-refractivity contribution in [2.45, 2.75) is 33.1 Å². The molecule has 0 saturated carbocycles. The van der Waals surface area contributed by atoms with Gasteiger partial charge in [0.1, 0.15) is 0 Å². The number of nitrogens with zero attached hydrogens (tertiary/aromatic N) is 1. The molecule has 2 aliphatic heterocycles. The Morgan fingerprint density at radius 3 is 2.93 bits per heavy atom. The lowest BCUT2D eigenvalue weighted by atomic mass is 9.87. The minimum atomic E-state index is 0.254. The molecule has 0 radical (unpaired) electrons. The van der Waals surface area contributed by atoms with E-state index >= 15 is 0 Å². The van der Waals surface area contributed by atoms with Gasteiger partial charge in [-0.2, -0.15) is 0 Å². The highest BCUT2D eigenvalue weighted by atomic mass is 16.2. The Morgan fingerprint density at radius 2 is 2.40 bits per heavy atom. The van der Waals surface area contributed by atoms with Crippen molar-refractivity contribution in [2.75, 3.05) is 26.2 Å². The standard InChI is InChI=1S/C12H22N2O/c1-3-12(2)5-7-14(9-12)11(15)10-4-6-13-8-10/h10,13H,3-9H2,1-2H3. The van der Waals surface area contributed by atoms with Gasteiger partial charge in [-0.05, 0) is 31.2 Å². The highest BCUT2D eigenvalue weighted by Gasteiger charge is 2.37. The number of carbonyl (C=O) groups is 1. The van der Waals surface area contributed by atoms with Crippen molar-refractivity contribution < 1.29 is 4.79 Å². The average Bonchev–Trinajstić information content (AvgIpc) is 2.86. The maximum Gasteiger partial charge on any atom is 0.227 e. The van der Waals surface area contributed by atoms with E-state index in [0.29, 0.717) is 11.3 Å². The number of rotatable bonds is 2. The Balaban J connectivity index is 1.92. The molecule has 2 rings (SSSR count). The van der Waals surface area contributed by atoms with Gasteiger partial charge in [-0.15, -0.1) is 0 Å². The number of hydrogen-bond acceptors (Lipinski definition) is 2. The summed E-state index contributed by atoms with van der Waals surface area (Å²) < 4.78 is 0. The molecule has 2 unspecified atom stereocenters. The van der Waals surface area contributed by atoms with Crippen LogP contribution in [0.5, 0.6) is 0 Å². The van der Waals surface area contributed by atoms with Crippen LogP contribution in [0, 0.1) is 11.3 Å². The van der Waals surface area contributed by atoms with E-state index in [-0.39, 0.29) is 5.92 Å². The molecule has 0 spiro atoms. The lowest BCUT2D eigenvalue weighted by molar-refractivity contribution is -0.134. The minimum absolute atomic E-state index is 0.254. The molecule has 2 saturated heterocycles. The normalized spacial score (nSPS) is 36.1. The Hall–Kier alpha value is -0.570. The van der Waals surface area contributed by atoms with Crippen LogP contribution in [0.1, 0.15) is 33.1 Å². The molecule has 2 aliphatic rings. The van der Waals surface area contributed by atoms with Crippen LogP contribution < -0.4 is 5.32 Å². The Bertz CT molecular complexity index is 248. The molecule has 2 heterocycles. The first-order valence-electron chi connectivity index (χ1n) is 6.14. The van der Waals surface area contributed by atoms with E-state index in [1.54, 1.807) is 0 Å². The molecular formula is C12H22N2O. The number of carbonyl (C=O) groups excluding carboxylic acids is 1. The SMILES string of the molecule is CCC1(C)CCN(C(=O)C2CCNC2)C1. The lowest BCUT2D eigenvalue weighted by Gasteiger charge is -2.24. The maximum absolute atomic E-state index is 12.1. The molecule has 0 aliphatic carbocycles. The molecule has 2 atom stereocenters. The fourth-order valence-corrected chi connectivity index (χ4v) is 2.62. The minimum Gasteiger partial charge on any atom is -0.342 e. The van der Waals surface area contributed by atoms with E-state index < -0.39 is 0 Å². The summed E-state index contributed by atoms with van der Waals surface area (Å²) in [5.74, 6) is 0.640. The van der Waals surface area contributed by atoms with Crippen molar-refractivity contribution >= 4 is 5.91 Å². The van der Waals surface area contributed by atoms with E-state index in [2.05, 4.69) is 24.1 Å². The van der Waals surface area contributed by atoms with Gasteiger partial charge in [0.25, 0.3) is 0 Å². The first-order valence-corrected chi connectivity index (χ1v) is 6.14. The third-order valence-corrected chi connectivity index (χ3v) is 4.13. The topological polar surface area (TPSA) is 32.3 Å². The lowest BCUT2D eigenvalue weighted by Crippen LogP contribution is -2.36. The van der Waals surface area contributed by atoms with Crippen molar-refractivity contribution in [3.05, 3.63) is 0 Å². The summed E-state index contributed by atoms with van der Waals surface area (Å²) in [7, 11) is 0. The highest BCUT2D eigenvalue weighted by molar-refractivity contribution is 5.79. The largest absolute Gasteiger partial charge is 0.342 e. The van der Waals surface area contributed by atoms with Gasteiger partial charge in [0, 0.05) is 19.6 Å². The van der Waals surface area contributed by atoms with Gasteiger partial charge in [-0.3, -0.25) is 4.79 Å². The van der Waals surface area contributed by atoms with Crippen LogP contribution in [-0.4, -0.2) is 37.0 Å². The highest BCUT2D eigenvalue weighted by Crippen LogP contribution is 2.33. The first kappa shape index (κ1) is 10.9. The molecule has 1 amide bonds. The van der Waals surface area contributed by atoms with E-state index in [1.807, 2.05) is 0 Å². The molecule has 2 fully saturated rings. The second-order valence-corrected chi connectivity index (χ2v) is 5.36. The summed E-state index contributed by atoms with van der Waals surface area (Å²) in [4.78, 5) is 14.2. The predicted octanol–water partition coefficient (Wildman–Crippen LogP) is 1.24. The van der Waals surface area contributed by atoms with E-state index in [0.717, 1.165) is 32.6 Å². The van der Waals surface area contributed by atoms with Crippen molar-refractivity contribution in [3.63, 3.8) is 0 Å². The van der Waals surface area contributed by atoms with Gasteiger partial charge in [0.05, 0.1) is 5.92 Å². The van der Waals surface area contributed by atoms with Gasteiger partial charge in [0.2, 0.25) is 5.91 Å². The number of amides is 1. The van der Waals surface area contributed by atoms with E-state index in [4.69, 9.17) is 0 Å². The molecule has 1 N–H and O–H groups in total. The number of nitrogens with one attached hydrogen (secondary N) is 1. The second-order valence-electron chi connectivity index (χ2n) is 5.36. The molecule has 3 heteroatoms. The quantitative estimate of drug-likeness (QED) is 0.744. The van der Waals surface area contributed by atoms with Gasteiger partial charge >= 0.3 is 0 Å². The Kier molecular flexibility index (Phi) is 3.01. The Labute approximate surface area is 92.2 Å². The van der Waals surface area contributed by atoms with Crippen molar-refractivity contribution in [1.29, 1.82) is 0 Å². The zero-order valence-corrected chi connectivity index (χ0v) is 9.88. The number of hydrogen-bond donors (Lipinski definition) is 1. The van der Waals surface area contributed by atoms with Gasteiger partial charge in [-0.1, -0.05) is 13.8 Å². The monoisotopic (exact) mass is 210 g/mol. The van der Waals surface area contributed by atoms with Gasteiger partial charge in [0.15, 0.2) is 0 Å². The summed E-state index contributed by atoms with van der Waals surface area (Å²) in [6.07, 6.45) is 3.38. The molecule has 0 bridgehead atoms. The predicted molar refractivity (Wildman–Crippen MR) is 60.6 cm³/mol. The average molecular weight is 210 g/mol. The number of likely N-dealkylation sites (tertiary alicyclic amines) is 1. The molecule has 0 aromatic carbocycles. The van der Waals surface area contributed by atoms with Crippen LogP contribution in [-0.2, 0) is 4.79 Å². The molecule has 86 valence electrons. The summed E-state index contributed by atoms with van der Waals surface area (Å²) in [6, 6.07) is 0. The Morgan fingerprint density at radius 1 is 1.60 bits per heavy atom. The smallest absolute Gasteiger partial charge is 0.227 e. The maximum atomic E-state index is 12.1. The summed E-state index contributed by atoms with van der Waals surface area (Å²) in [5.41, 5.74) is 0.377. The molecule has 0 aromatic rings. The van der Waals surface area contributed by atoms with Crippen LogP contribution in [0.4, 0.5) is 0 Å². The third kappa shape index (κ3) is 2.17. The van der Waals surface area contributed by atoms with Crippen LogP contribution in [0.3, 0.4) is 0 Å². The van der Waals surface area contributed by atoms with Crippen molar-refractivity contribution in [1.82, 2.24) is 10.2 Å². The van der Waals surface area contributed by atoms with Crippen LogP contribution in [0.15, 0.2) is 0 Å². The second kappa shape index (κ2) is 4.12. The molecular weight excluding hydrogens is 188 g/mol. The van der Waals surface area contributed by atoms with Crippen LogP contribution in [0.25, 0.3) is 0 Å². The first-order chi connectivity index (χ1) is 7.14. The summed E-state index contributed by atoms with van der Waals surface area (Å²) >= 11 is 0. The fourth-order valence-electron chi connectivity index (χ4n) is 2.62. The fraction of sp³-hybridized carbons (Fsp3) is 0.917. The zero-order valence-electron chi connectivity index (χ0n) is 9.88. The van der Waals surface area contributed by atoms with Gasteiger partial charge in [-0.25, -0.2) is 0 Å². The van der Waals surface area contributed by atoms with E-state index in [1.165, 1.54) is 12.8 Å². The van der Waals surface area contributed by atoms with Crippen LogP contribution >= 0.6 is 0 Å². The van der Waals surface area contributed by atoms with E-state index in [9.17, 15) is 4.79 Å². The van der Waals surface area contributed by atoms with Crippen molar-refractivity contribution in [3.8, 4) is 0 Å². The summed E-state index contributed by atoms with van der Waals surface area (Å²) in [6.45, 7) is 8.37.